The topological polar surface area (TPSA) is 69.6 Å². The highest BCUT2D eigenvalue weighted by molar-refractivity contribution is 5.95. The molecule has 2 N–H and O–H groups in total. The van der Waals surface area contributed by atoms with Crippen LogP contribution in [-0.2, 0) is 15.8 Å². The Hall–Kier alpha value is -1.80. The first-order valence-electron chi connectivity index (χ1n) is 7.64. The van der Waals surface area contributed by atoms with E-state index in [4.69, 9.17) is 5.11 Å². The first kappa shape index (κ1) is 21.2. The number of anilines is 1. The molecule has 1 fully saturated rings. The highest BCUT2D eigenvalue weighted by Gasteiger charge is 2.35. The molecule has 0 radical (unpaired) electrons. The maximum absolute atomic E-state index is 13.0. The largest absolute Gasteiger partial charge is 0.481 e. The Morgan fingerprint density at radius 3 is 2.56 bits per heavy atom. The Labute approximate surface area is 149 Å². The number of hydrogen-bond donors (Lipinski definition) is 2. The molecule has 0 aliphatic carbocycles. The maximum atomic E-state index is 13.0. The Morgan fingerprint density at radius 1 is 1.32 bits per heavy atom. The molecular formula is C16H20ClF3N2O3. The molecule has 0 bridgehead atoms. The third-order valence-electron chi connectivity index (χ3n) is 4.22. The number of nitrogens with zero attached hydrogens (tertiary/aromatic N) is 1. The zero-order valence-corrected chi connectivity index (χ0v) is 14.4. The van der Waals surface area contributed by atoms with Crippen LogP contribution in [0.2, 0.25) is 0 Å². The molecule has 2 unspecified atom stereocenters. The van der Waals surface area contributed by atoms with Crippen molar-refractivity contribution in [1.82, 2.24) is 4.90 Å². The number of carboxylic acids is 1. The van der Waals surface area contributed by atoms with Crippen LogP contribution in [0, 0.1) is 5.92 Å². The second kappa shape index (κ2) is 8.53. The number of para-hydroxylation sites is 1. The van der Waals surface area contributed by atoms with Gasteiger partial charge < -0.3 is 10.4 Å². The summed E-state index contributed by atoms with van der Waals surface area (Å²) < 4.78 is 38.9. The van der Waals surface area contributed by atoms with Gasteiger partial charge in [0.1, 0.15) is 0 Å². The Morgan fingerprint density at radius 2 is 1.96 bits per heavy atom. The number of carboxylic acid groups (broad SMARTS) is 1. The van der Waals surface area contributed by atoms with E-state index in [2.05, 4.69) is 5.32 Å². The van der Waals surface area contributed by atoms with Crippen molar-refractivity contribution in [2.75, 3.05) is 18.4 Å². The average molecular weight is 381 g/mol. The summed E-state index contributed by atoms with van der Waals surface area (Å²) in [7, 11) is 0. The molecule has 2 rings (SSSR count). The van der Waals surface area contributed by atoms with Crippen molar-refractivity contribution in [2.45, 2.75) is 32.0 Å². The lowest BCUT2D eigenvalue weighted by Gasteiger charge is -2.34. The predicted molar refractivity (Wildman–Crippen MR) is 88.7 cm³/mol. The summed E-state index contributed by atoms with van der Waals surface area (Å²) in [6, 6.07) is 4.06. The van der Waals surface area contributed by atoms with Gasteiger partial charge in [0.2, 0.25) is 5.91 Å². The molecular weight excluding hydrogens is 361 g/mol. The van der Waals surface area contributed by atoms with Gasteiger partial charge in [-0.15, -0.1) is 12.4 Å². The molecule has 1 amide bonds. The fourth-order valence-electron chi connectivity index (χ4n) is 2.80. The van der Waals surface area contributed by atoms with E-state index >= 15 is 0 Å². The highest BCUT2D eigenvalue weighted by atomic mass is 35.5. The summed E-state index contributed by atoms with van der Waals surface area (Å²) in [6.45, 7) is 2.32. The van der Waals surface area contributed by atoms with Crippen molar-refractivity contribution in [3.05, 3.63) is 29.8 Å². The number of carbonyl (C=O) groups is 2. The first-order chi connectivity index (χ1) is 11.2. The minimum absolute atomic E-state index is 0. The molecule has 9 heteroatoms. The fourth-order valence-corrected chi connectivity index (χ4v) is 2.80. The molecule has 1 saturated heterocycles. The third-order valence-corrected chi connectivity index (χ3v) is 4.22. The van der Waals surface area contributed by atoms with Gasteiger partial charge in [0.05, 0.1) is 23.2 Å². The lowest BCUT2D eigenvalue weighted by molar-refractivity contribution is -0.144. The van der Waals surface area contributed by atoms with Crippen LogP contribution in [0.1, 0.15) is 25.3 Å². The Bertz CT molecular complexity index is 625. The summed E-state index contributed by atoms with van der Waals surface area (Å²) in [5.41, 5.74) is -1.21. The van der Waals surface area contributed by atoms with Gasteiger partial charge >= 0.3 is 12.1 Å². The van der Waals surface area contributed by atoms with Crippen LogP contribution in [0.4, 0.5) is 18.9 Å². The smallest absolute Gasteiger partial charge is 0.418 e. The number of carbonyl (C=O) groups excluding carboxylic acids is 1. The first-order valence-corrected chi connectivity index (χ1v) is 7.64. The monoisotopic (exact) mass is 380 g/mol. The quantitative estimate of drug-likeness (QED) is 0.841. The number of benzene rings is 1. The average Bonchev–Trinajstić information content (AvgIpc) is 2.53. The van der Waals surface area contributed by atoms with Gasteiger partial charge in [0.15, 0.2) is 0 Å². The maximum Gasteiger partial charge on any atom is 0.418 e. The normalized spacial score (nSPS) is 19.6. The molecule has 0 spiro atoms. The molecule has 25 heavy (non-hydrogen) atoms. The number of rotatable bonds is 4. The number of aliphatic carboxylic acids is 1. The van der Waals surface area contributed by atoms with Gasteiger partial charge in [-0.1, -0.05) is 12.1 Å². The standard InChI is InChI=1S/C16H19F3N2O3.ClH/c1-10(21-8-4-5-11(9-21)15(23)24)14(22)20-13-7-3-2-6-12(13)16(17,18)19;/h2-3,6-7,10-11H,4-5,8-9H2,1H3,(H,20,22)(H,23,24);1H. The van der Waals surface area contributed by atoms with Crippen LogP contribution in [0.25, 0.3) is 0 Å². The second-order valence-corrected chi connectivity index (χ2v) is 5.88. The molecule has 5 nitrogen and oxygen atoms in total. The third kappa shape index (κ3) is 5.34. The van der Waals surface area contributed by atoms with E-state index < -0.39 is 35.6 Å². The van der Waals surface area contributed by atoms with Crippen LogP contribution in [0.15, 0.2) is 24.3 Å². The number of piperidine rings is 1. The van der Waals surface area contributed by atoms with Crippen LogP contribution >= 0.6 is 12.4 Å². The molecule has 1 aromatic rings. The molecule has 1 heterocycles. The van der Waals surface area contributed by atoms with E-state index in [-0.39, 0.29) is 24.6 Å². The van der Waals surface area contributed by atoms with Crippen LogP contribution in [-0.4, -0.2) is 41.0 Å². The molecule has 1 aliphatic rings. The zero-order valence-electron chi connectivity index (χ0n) is 13.5. The van der Waals surface area contributed by atoms with Gasteiger partial charge in [-0.25, -0.2) is 0 Å². The van der Waals surface area contributed by atoms with Crippen molar-refractivity contribution in [3.8, 4) is 0 Å². The molecule has 2 atom stereocenters. The number of alkyl halides is 3. The van der Waals surface area contributed by atoms with E-state index in [1.54, 1.807) is 11.8 Å². The van der Waals surface area contributed by atoms with E-state index in [0.29, 0.717) is 19.4 Å². The van der Waals surface area contributed by atoms with Gasteiger partial charge in [-0.2, -0.15) is 13.2 Å². The predicted octanol–water partition coefficient (Wildman–Crippen LogP) is 3.25. The molecule has 140 valence electrons. The summed E-state index contributed by atoms with van der Waals surface area (Å²) in [5.74, 6) is -2.07. The number of amides is 1. The Balaban J connectivity index is 0.00000312. The van der Waals surface area contributed by atoms with E-state index in [1.165, 1.54) is 18.2 Å². The van der Waals surface area contributed by atoms with Crippen molar-refractivity contribution in [3.63, 3.8) is 0 Å². The zero-order chi connectivity index (χ0) is 17.9. The van der Waals surface area contributed by atoms with E-state index in [9.17, 15) is 22.8 Å². The highest BCUT2D eigenvalue weighted by Crippen LogP contribution is 2.34. The minimum Gasteiger partial charge on any atom is -0.481 e. The second-order valence-electron chi connectivity index (χ2n) is 5.88. The Kier molecular flexibility index (Phi) is 7.25. The van der Waals surface area contributed by atoms with Gasteiger partial charge in [0.25, 0.3) is 0 Å². The summed E-state index contributed by atoms with van der Waals surface area (Å²) >= 11 is 0. The van der Waals surface area contributed by atoms with E-state index in [0.717, 1.165) is 6.07 Å². The van der Waals surface area contributed by atoms with Crippen LogP contribution in [0.5, 0.6) is 0 Å². The van der Waals surface area contributed by atoms with Gasteiger partial charge in [-0.05, 0) is 38.4 Å². The van der Waals surface area contributed by atoms with Crippen molar-refractivity contribution in [1.29, 1.82) is 0 Å². The van der Waals surface area contributed by atoms with Crippen molar-refractivity contribution in [2.24, 2.45) is 5.92 Å². The van der Waals surface area contributed by atoms with Crippen LogP contribution in [0.3, 0.4) is 0 Å². The molecule has 0 aromatic heterocycles. The van der Waals surface area contributed by atoms with Gasteiger partial charge in [0, 0.05) is 6.54 Å². The number of hydrogen-bond acceptors (Lipinski definition) is 3. The SMILES string of the molecule is CC(C(=O)Nc1ccccc1C(F)(F)F)N1CCCC(C(=O)O)C1.Cl. The number of nitrogens with one attached hydrogen (secondary N) is 1. The van der Waals surface area contributed by atoms with Crippen molar-refractivity contribution < 1.29 is 27.9 Å². The van der Waals surface area contributed by atoms with Gasteiger partial charge in [-0.3, -0.25) is 14.5 Å². The fraction of sp³-hybridized carbons (Fsp3) is 0.500. The number of halogens is 4. The molecule has 1 aliphatic heterocycles. The summed E-state index contributed by atoms with van der Waals surface area (Å²) in [5, 5.41) is 11.4. The molecule has 1 aromatic carbocycles. The van der Waals surface area contributed by atoms with Crippen molar-refractivity contribution >= 4 is 30.0 Å². The number of likely N-dealkylation sites (tertiary alicyclic amines) is 1. The minimum atomic E-state index is -4.56. The lowest BCUT2D eigenvalue weighted by atomic mass is 9.97. The summed E-state index contributed by atoms with van der Waals surface area (Å²) in [6.07, 6.45) is -3.39. The van der Waals surface area contributed by atoms with E-state index in [1.807, 2.05) is 0 Å². The lowest BCUT2D eigenvalue weighted by Crippen LogP contribution is -2.48. The van der Waals surface area contributed by atoms with Crippen LogP contribution < -0.4 is 5.32 Å². The molecule has 0 saturated carbocycles. The summed E-state index contributed by atoms with van der Waals surface area (Å²) in [4.78, 5) is 25.1.